The molecule has 276 valence electrons. The summed E-state index contributed by atoms with van der Waals surface area (Å²) in [6, 6.07) is 6.99. The summed E-state index contributed by atoms with van der Waals surface area (Å²) in [7, 11) is -1.96. The van der Waals surface area contributed by atoms with Crippen LogP contribution >= 0.6 is 7.60 Å². The summed E-state index contributed by atoms with van der Waals surface area (Å²) in [5.41, 5.74) is 1.13. The van der Waals surface area contributed by atoms with Gasteiger partial charge in [0, 0.05) is 20.3 Å². The summed E-state index contributed by atoms with van der Waals surface area (Å²) in [5, 5.41) is 8.63. The molecule has 1 aromatic rings. The second kappa shape index (κ2) is 36.1. The van der Waals surface area contributed by atoms with Crippen LogP contribution in [0.3, 0.4) is 0 Å². The minimum atomic E-state index is -3.61. The third-order valence-corrected chi connectivity index (χ3v) is 7.73. The smallest absolute Gasteiger partial charge is 0.358 e. The molecule has 2 aliphatic rings. The lowest BCUT2D eigenvalue weighted by atomic mass is 10.1. The maximum Gasteiger partial charge on any atom is 0.358 e. The minimum absolute atomic E-state index is 0.0709. The third kappa shape index (κ3) is 29.9. The van der Waals surface area contributed by atoms with E-state index in [1.807, 2.05) is 30.4 Å². The van der Waals surface area contributed by atoms with Gasteiger partial charge in [-0.05, 0) is 63.1 Å². The highest BCUT2D eigenvalue weighted by Crippen LogP contribution is 2.40. The van der Waals surface area contributed by atoms with Crippen molar-refractivity contribution in [1.29, 1.82) is 0 Å². The van der Waals surface area contributed by atoms with Gasteiger partial charge in [0.25, 0.3) is 0 Å². The molecule has 2 saturated heterocycles. The fourth-order valence-corrected chi connectivity index (χ4v) is 4.73. The van der Waals surface area contributed by atoms with Gasteiger partial charge in [-0.15, -0.1) is 32.9 Å². The quantitative estimate of drug-likeness (QED) is 0.0901. The van der Waals surface area contributed by atoms with Crippen LogP contribution in [-0.2, 0) is 43.9 Å². The molecule has 0 aliphatic carbocycles. The van der Waals surface area contributed by atoms with Crippen LogP contribution in [0.2, 0.25) is 0 Å². The van der Waals surface area contributed by atoms with Crippen molar-refractivity contribution in [3.8, 4) is 0 Å². The highest BCUT2D eigenvalue weighted by molar-refractivity contribution is 7.61. The number of hydrogen-bond acceptors (Lipinski definition) is 9. The van der Waals surface area contributed by atoms with E-state index in [-0.39, 0.29) is 13.2 Å². The van der Waals surface area contributed by atoms with Gasteiger partial charge in [-0.1, -0.05) is 42.5 Å². The molecule has 2 fully saturated rings. The zero-order valence-electron chi connectivity index (χ0n) is 29.5. The predicted octanol–water partition coefficient (Wildman–Crippen LogP) is 6.39. The molecular weight excluding hydrogens is 635 g/mol. The third-order valence-electron chi connectivity index (χ3n) is 6.17. The molecule has 1 aromatic carbocycles. The van der Waals surface area contributed by atoms with Crippen molar-refractivity contribution in [2.75, 3.05) is 79.8 Å². The van der Waals surface area contributed by atoms with E-state index in [1.165, 1.54) is 25.7 Å². The molecule has 2 N–H and O–H groups in total. The van der Waals surface area contributed by atoms with Crippen molar-refractivity contribution in [3.63, 3.8) is 0 Å². The Morgan fingerprint density at radius 1 is 0.812 bits per heavy atom. The predicted molar refractivity (Wildman–Crippen MR) is 196 cm³/mol. The van der Waals surface area contributed by atoms with Gasteiger partial charge in [0.15, 0.2) is 0 Å². The fraction of sp³-hybridized carbons (Fsp3) is 0.568. The summed E-state index contributed by atoms with van der Waals surface area (Å²) < 4.78 is 46.5. The average molecular weight is 699 g/mol. The van der Waals surface area contributed by atoms with E-state index in [0.717, 1.165) is 31.6 Å². The van der Waals surface area contributed by atoms with Crippen molar-refractivity contribution in [3.05, 3.63) is 93.1 Å². The molecule has 2 unspecified atom stereocenters. The molecular formula is C37H63O10P. The largest absolute Gasteiger partial charge is 0.394 e. The van der Waals surface area contributed by atoms with E-state index in [4.69, 9.17) is 38.1 Å². The van der Waals surface area contributed by atoms with Crippen molar-refractivity contribution >= 4 is 12.9 Å². The Balaban J connectivity index is 0. The van der Waals surface area contributed by atoms with Crippen LogP contribution < -0.4 is 5.30 Å². The van der Waals surface area contributed by atoms with Crippen LogP contribution in [-0.4, -0.2) is 102 Å². The number of aliphatic hydroxyl groups is 1. The summed E-state index contributed by atoms with van der Waals surface area (Å²) in [6.07, 6.45) is 16.3. The number of methoxy groups -OCH3 is 1. The molecule has 2 aliphatic heterocycles. The summed E-state index contributed by atoms with van der Waals surface area (Å²) in [4.78, 5) is 9.57. The van der Waals surface area contributed by atoms with Crippen LogP contribution in [0.1, 0.15) is 44.6 Å². The first kappa shape index (κ1) is 47.9. The van der Waals surface area contributed by atoms with Crippen molar-refractivity contribution in [1.82, 2.24) is 0 Å². The number of aliphatic hydroxyl groups excluding tert-OH is 1. The van der Waals surface area contributed by atoms with Crippen LogP contribution in [0.4, 0.5) is 0 Å². The number of hydrogen-bond donors (Lipinski definition) is 2. The fourth-order valence-electron chi connectivity index (χ4n) is 3.71. The lowest BCUT2D eigenvalue weighted by Crippen LogP contribution is -2.07. The number of aryl methyl sites for hydroxylation is 1. The first-order valence-electron chi connectivity index (χ1n) is 16.5. The topological polar surface area (TPSA) is 122 Å². The van der Waals surface area contributed by atoms with E-state index in [2.05, 4.69) is 32.9 Å². The first-order valence-corrected chi connectivity index (χ1v) is 18.1. The SMILES string of the molecule is C=CC1CCCO1.C=CCCc1ccc(P(=O)(O)OCC)cc1.C=CCOCCOC.C=CCOCCOCCO.C=C[C@H]1CCCO1. The molecule has 2 heterocycles. The number of allylic oxidation sites excluding steroid dienone is 1. The molecule has 0 saturated carbocycles. The minimum Gasteiger partial charge on any atom is -0.394 e. The molecule has 0 spiro atoms. The van der Waals surface area contributed by atoms with E-state index >= 15 is 0 Å². The second-order valence-corrected chi connectivity index (χ2v) is 11.9. The number of rotatable bonds is 20. The Hall–Kier alpha value is -2.21. The second-order valence-electron chi connectivity index (χ2n) is 10.1. The molecule has 11 heteroatoms. The lowest BCUT2D eigenvalue weighted by Gasteiger charge is -2.11. The highest BCUT2D eigenvalue weighted by atomic mass is 31.2. The van der Waals surface area contributed by atoms with Gasteiger partial charge in [-0.25, -0.2) is 0 Å². The van der Waals surface area contributed by atoms with Gasteiger partial charge in [-0.2, -0.15) is 0 Å². The summed E-state index contributed by atoms with van der Waals surface area (Å²) >= 11 is 0. The average Bonchev–Trinajstić information content (AvgIpc) is 3.84. The highest BCUT2D eigenvalue weighted by Gasteiger charge is 2.21. The summed E-state index contributed by atoms with van der Waals surface area (Å²) in [6.45, 7) is 25.7. The first-order chi connectivity index (χ1) is 23.3. The number of benzene rings is 1. The molecule has 3 atom stereocenters. The van der Waals surface area contributed by atoms with Gasteiger partial charge < -0.3 is 42.9 Å². The van der Waals surface area contributed by atoms with E-state index < -0.39 is 7.60 Å². The Labute approximate surface area is 290 Å². The van der Waals surface area contributed by atoms with E-state index in [0.29, 0.717) is 63.8 Å². The molecule has 0 bridgehead atoms. The normalized spacial score (nSPS) is 17.2. The molecule has 0 amide bonds. The van der Waals surface area contributed by atoms with Gasteiger partial charge in [0.1, 0.15) is 0 Å². The molecule has 0 radical (unpaired) electrons. The molecule has 48 heavy (non-hydrogen) atoms. The molecule has 10 nitrogen and oxygen atoms in total. The Morgan fingerprint density at radius 2 is 1.33 bits per heavy atom. The van der Waals surface area contributed by atoms with Crippen LogP contribution in [0.15, 0.2) is 87.5 Å². The Bertz CT molecular complexity index is 922. The van der Waals surface area contributed by atoms with Gasteiger partial charge >= 0.3 is 7.60 Å². The molecule has 3 rings (SSSR count). The van der Waals surface area contributed by atoms with Gasteiger partial charge in [0.2, 0.25) is 0 Å². The van der Waals surface area contributed by atoms with Crippen LogP contribution in [0, 0.1) is 0 Å². The zero-order valence-corrected chi connectivity index (χ0v) is 30.4. The van der Waals surface area contributed by atoms with Crippen molar-refractivity contribution in [2.45, 2.75) is 57.7 Å². The number of ether oxygens (including phenoxy) is 6. The molecule has 0 aromatic heterocycles. The van der Waals surface area contributed by atoms with Crippen molar-refractivity contribution < 1.29 is 47.5 Å². The standard InChI is InChI=1S/C12H17O3P.C7H14O3.C6H12O2.2C6H10O/c1-3-5-6-11-7-9-12(10-8-11)16(13,14)15-4-2;1-2-4-9-6-7-10-5-3-8;1-3-4-8-6-5-7-2;2*1-2-6-4-3-5-7-6/h3,7-10H,1,4-6H2,2H3,(H,13,14);2,8H,1,3-7H2;3H,1,4-6H2,2H3;2*2,6H,1,3-5H2/t;;;6-;/m...0./s1. The monoisotopic (exact) mass is 698 g/mol. The lowest BCUT2D eigenvalue weighted by molar-refractivity contribution is 0.0412. The maximum absolute atomic E-state index is 11.7. The van der Waals surface area contributed by atoms with Crippen LogP contribution in [0.5, 0.6) is 0 Å². The zero-order chi connectivity index (χ0) is 36.1. The van der Waals surface area contributed by atoms with Crippen molar-refractivity contribution in [2.24, 2.45) is 0 Å². The van der Waals surface area contributed by atoms with Crippen LogP contribution in [0.25, 0.3) is 0 Å². The van der Waals surface area contributed by atoms with E-state index in [9.17, 15) is 9.46 Å². The Kier molecular flexibility index (Phi) is 36.0. The van der Waals surface area contributed by atoms with Gasteiger partial charge in [0.05, 0.1) is 77.0 Å². The summed E-state index contributed by atoms with van der Waals surface area (Å²) in [5.74, 6) is 0. The Morgan fingerprint density at radius 3 is 1.71 bits per heavy atom. The maximum atomic E-state index is 11.7. The van der Waals surface area contributed by atoms with E-state index in [1.54, 1.807) is 38.3 Å². The van der Waals surface area contributed by atoms with Gasteiger partial charge in [-0.3, -0.25) is 4.57 Å².